The number of alkyl halides is 3. The third-order valence-corrected chi connectivity index (χ3v) is 7.30. The fourth-order valence-electron chi connectivity index (χ4n) is 4.16. The summed E-state index contributed by atoms with van der Waals surface area (Å²) in [6.07, 6.45) is -1.44. The van der Waals surface area contributed by atoms with Crippen molar-refractivity contribution in [3.05, 3.63) is 76.9 Å². The number of carbonyl (C=O) groups excluding carboxylic acids is 1. The van der Waals surface area contributed by atoms with Crippen molar-refractivity contribution in [3.8, 4) is 0 Å². The highest BCUT2D eigenvalue weighted by atomic mass is 32.2. The Morgan fingerprint density at radius 3 is 2.39 bits per heavy atom. The normalized spacial score (nSPS) is 16.2. The second-order valence-electron chi connectivity index (χ2n) is 8.82. The van der Waals surface area contributed by atoms with Crippen LogP contribution in [0.15, 0.2) is 53.8 Å². The maximum absolute atomic E-state index is 12.9. The van der Waals surface area contributed by atoms with Gasteiger partial charge in [-0.3, -0.25) is 14.0 Å². The maximum Gasteiger partial charge on any atom is 0.419 e. The van der Waals surface area contributed by atoms with Crippen LogP contribution in [0.25, 0.3) is 0 Å². The Labute approximate surface area is 209 Å². The number of amides is 1. The quantitative estimate of drug-likeness (QED) is 0.490. The van der Waals surface area contributed by atoms with Gasteiger partial charge in [0.05, 0.1) is 33.7 Å². The standard InChI is InChI=1S/C25H26F3N5O2S/c1-4-36(35)20-7-5-16(6-8-20)10-30-23(34)17-9-18-14-33(22(15(2)3)21(18)29-11-17)24-31-12-19(13-32-24)25(26,27)28/h5-9,11-13,15,22H,4,10,14H2,1-3H3,(H,30,34). The molecule has 1 aromatic carbocycles. The fraction of sp³-hybridized carbons (Fsp3) is 0.360. The number of fused-ring (bicyclic) bond motifs is 1. The van der Waals surface area contributed by atoms with Gasteiger partial charge in [0.2, 0.25) is 5.95 Å². The van der Waals surface area contributed by atoms with Crippen molar-refractivity contribution in [3.63, 3.8) is 0 Å². The van der Waals surface area contributed by atoms with Crippen molar-refractivity contribution in [2.75, 3.05) is 10.7 Å². The second kappa shape index (κ2) is 10.3. The Kier molecular flexibility index (Phi) is 7.39. The number of nitrogens with one attached hydrogen (secondary N) is 1. The predicted octanol–water partition coefficient (Wildman–Crippen LogP) is 4.67. The van der Waals surface area contributed by atoms with Gasteiger partial charge in [-0.15, -0.1) is 0 Å². The third kappa shape index (κ3) is 5.40. The summed E-state index contributed by atoms with van der Waals surface area (Å²) >= 11 is 0. The minimum absolute atomic E-state index is 0.0781. The Morgan fingerprint density at radius 2 is 1.81 bits per heavy atom. The summed E-state index contributed by atoms with van der Waals surface area (Å²) in [5, 5.41) is 2.87. The van der Waals surface area contributed by atoms with Crippen LogP contribution >= 0.6 is 0 Å². The number of benzene rings is 1. The number of hydrogen-bond donors (Lipinski definition) is 1. The molecule has 1 N–H and O–H groups in total. The van der Waals surface area contributed by atoms with E-state index in [0.717, 1.165) is 34.1 Å². The van der Waals surface area contributed by atoms with Crippen molar-refractivity contribution in [1.82, 2.24) is 20.3 Å². The Morgan fingerprint density at radius 1 is 1.14 bits per heavy atom. The molecular formula is C25H26F3N5O2S. The van der Waals surface area contributed by atoms with Gasteiger partial charge in [-0.25, -0.2) is 9.97 Å². The highest BCUT2D eigenvalue weighted by Crippen LogP contribution is 2.40. The maximum atomic E-state index is 12.9. The topological polar surface area (TPSA) is 88.1 Å². The average Bonchev–Trinajstić information content (AvgIpc) is 3.26. The van der Waals surface area contributed by atoms with Gasteiger partial charge < -0.3 is 10.2 Å². The molecule has 0 saturated carbocycles. The van der Waals surface area contributed by atoms with E-state index in [1.165, 1.54) is 6.20 Å². The molecule has 0 bridgehead atoms. The van der Waals surface area contributed by atoms with E-state index in [1.807, 2.05) is 37.8 Å². The lowest BCUT2D eigenvalue weighted by Crippen LogP contribution is -2.27. The summed E-state index contributed by atoms with van der Waals surface area (Å²) in [7, 11) is -1.03. The monoisotopic (exact) mass is 517 g/mol. The van der Waals surface area contributed by atoms with Gasteiger partial charge in [-0.1, -0.05) is 32.9 Å². The molecule has 0 spiro atoms. The molecule has 0 fully saturated rings. The molecule has 0 saturated heterocycles. The number of halogens is 3. The number of pyridine rings is 1. The van der Waals surface area contributed by atoms with E-state index in [0.29, 0.717) is 24.4 Å². The summed E-state index contributed by atoms with van der Waals surface area (Å²) in [4.78, 5) is 27.8. The molecule has 3 aromatic rings. The molecule has 0 aliphatic carbocycles. The molecule has 2 atom stereocenters. The number of anilines is 1. The van der Waals surface area contributed by atoms with Crippen molar-refractivity contribution in [2.24, 2.45) is 5.92 Å². The molecule has 1 amide bonds. The summed E-state index contributed by atoms with van der Waals surface area (Å²) in [5.41, 5.74) is 1.91. The Balaban J connectivity index is 1.49. The van der Waals surface area contributed by atoms with Crippen LogP contribution in [0.3, 0.4) is 0 Å². The molecule has 11 heteroatoms. The van der Waals surface area contributed by atoms with E-state index in [9.17, 15) is 22.2 Å². The lowest BCUT2D eigenvalue weighted by Gasteiger charge is -2.27. The first-order valence-electron chi connectivity index (χ1n) is 11.5. The van der Waals surface area contributed by atoms with Crippen LogP contribution in [-0.4, -0.2) is 30.8 Å². The molecule has 36 heavy (non-hydrogen) atoms. The van der Waals surface area contributed by atoms with Crippen LogP contribution in [-0.2, 0) is 30.1 Å². The van der Waals surface area contributed by atoms with Gasteiger partial charge in [-0.2, -0.15) is 13.2 Å². The van der Waals surface area contributed by atoms with Crippen LogP contribution < -0.4 is 10.2 Å². The van der Waals surface area contributed by atoms with E-state index in [2.05, 4.69) is 20.3 Å². The molecule has 2 aromatic heterocycles. The van der Waals surface area contributed by atoms with Gasteiger partial charge in [0, 0.05) is 42.3 Å². The van der Waals surface area contributed by atoms with E-state index in [-0.39, 0.29) is 23.8 Å². The molecule has 0 radical (unpaired) electrons. The first-order chi connectivity index (χ1) is 17.1. The predicted molar refractivity (Wildman–Crippen MR) is 130 cm³/mol. The first-order valence-corrected chi connectivity index (χ1v) is 12.8. The Hall–Kier alpha value is -3.34. The lowest BCUT2D eigenvalue weighted by atomic mass is 9.99. The van der Waals surface area contributed by atoms with E-state index < -0.39 is 22.5 Å². The van der Waals surface area contributed by atoms with E-state index in [4.69, 9.17) is 0 Å². The zero-order valence-corrected chi connectivity index (χ0v) is 20.9. The number of rotatable bonds is 7. The SMILES string of the molecule is CCS(=O)c1ccc(CNC(=O)c2cnc3c(c2)CN(c2ncc(C(F)(F)F)cn2)C3C(C)C)cc1. The number of carbonyl (C=O) groups is 1. The molecular weight excluding hydrogens is 491 g/mol. The summed E-state index contributed by atoms with van der Waals surface area (Å²) < 4.78 is 50.6. The number of aromatic nitrogens is 3. The molecule has 1 aliphatic heterocycles. The zero-order chi connectivity index (χ0) is 26.0. The smallest absolute Gasteiger partial charge is 0.348 e. The summed E-state index contributed by atoms with van der Waals surface area (Å²) in [6, 6.07) is 8.77. The van der Waals surface area contributed by atoms with E-state index >= 15 is 0 Å². The van der Waals surface area contributed by atoms with Gasteiger partial charge in [-0.05, 0) is 35.2 Å². The summed E-state index contributed by atoms with van der Waals surface area (Å²) in [5.74, 6) is 0.505. The highest BCUT2D eigenvalue weighted by molar-refractivity contribution is 7.85. The minimum Gasteiger partial charge on any atom is -0.348 e. The number of nitrogens with zero attached hydrogens (tertiary/aromatic N) is 4. The van der Waals surface area contributed by atoms with Gasteiger partial charge in [0.1, 0.15) is 0 Å². The molecule has 3 heterocycles. The van der Waals surface area contributed by atoms with Crippen LogP contribution in [0.4, 0.5) is 19.1 Å². The van der Waals surface area contributed by atoms with Crippen LogP contribution in [0.2, 0.25) is 0 Å². The average molecular weight is 518 g/mol. The number of hydrogen-bond acceptors (Lipinski definition) is 6. The molecule has 190 valence electrons. The first kappa shape index (κ1) is 25.7. The third-order valence-electron chi connectivity index (χ3n) is 5.98. The van der Waals surface area contributed by atoms with Crippen molar-refractivity contribution in [1.29, 1.82) is 0 Å². The van der Waals surface area contributed by atoms with Crippen LogP contribution in [0, 0.1) is 5.92 Å². The molecule has 4 rings (SSSR count). The molecule has 1 aliphatic rings. The van der Waals surface area contributed by atoms with E-state index in [1.54, 1.807) is 18.2 Å². The summed E-state index contributed by atoms with van der Waals surface area (Å²) in [6.45, 7) is 6.46. The second-order valence-corrected chi connectivity index (χ2v) is 10.6. The Bertz CT molecular complexity index is 1260. The van der Waals surface area contributed by atoms with Crippen molar-refractivity contribution >= 4 is 22.7 Å². The van der Waals surface area contributed by atoms with Crippen LogP contribution in [0.5, 0.6) is 0 Å². The lowest BCUT2D eigenvalue weighted by molar-refractivity contribution is -0.138. The van der Waals surface area contributed by atoms with Gasteiger partial charge in [0.25, 0.3) is 5.91 Å². The highest BCUT2D eigenvalue weighted by Gasteiger charge is 2.37. The molecule has 7 nitrogen and oxygen atoms in total. The van der Waals surface area contributed by atoms with Gasteiger partial charge in [0.15, 0.2) is 0 Å². The van der Waals surface area contributed by atoms with Crippen LogP contribution in [0.1, 0.15) is 59.6 Å². The van der Waals surface area contributed by atoms with Gasteiger partial charge >= 0.3 is 6.18 Å². The largest absolute Gasteiger partial charge is 0.419 e. The van der Waals surface area contributed by atoms with Crippen molar-refractivity contribution in [2.45, 2.75) is 51.0 Å². The van der Waals surface area contributed by atoms with Crippen molar-refractivity contribution < 1.29 is 22.2 Å². The fourth-order valence-corrected chi connectivity index (χ4v) is 4.94. The zero-order valence-electron chi connectivity index (χ0n) is 20.0. The molecule has 2 unspecified atom stereocenters. The minimum atomic E-state index is -4.51.